The van der Waals surface area contributed by atoms with Crippen LogP contribution >= 0.6 is 11.3 Å². The summed E-state index contributed by atoms with van der Waals surface area (Å²) in [6, 6.07) is 16.7. The van der Waals surface area contributed by atoms with Crippen LogP contribution in [0.15, 0.2) is 60.8 Å². The van der Waals surface area contributed by atoms with Gasteiger partial charge in [-0.25, -0.2) is 15.0 Å². The smallest absolute Gasteiger partial charge is 0.280 e. The highest BCUT2D eigenvalue weighted by Gasteiger charge is 2.29. The van der Waals surface area contributed by atoms with Gasteiger partial charge in [-0.05, 0) is 30.7 Å². The number of aromatic nitrogens is 3. The molecule has 1 N–H and O–H groups in total. The number of para-hydroxylation sites is 1. The Labute approximate surface area is 213 Å². The van der Waals surface area contributed by atoms with Crippen LogP contribution in [0.4, 0.5) is 5.69 Å². The van der Waals surface area contributed by atoms with E-state index in [0.717, 1.165) is 33.8 Å². The summed E-state index contributed by atoms with van der Waals surface area (Å²) in [6.07, 6.45) is 3.13. The van der Waals surface area contributed by atoms with Crippen molar-refractivity contribution in [2.45, 2.75) is 19.8 Å². The number of amides is 2. The molecule has 3 aromatic heterocycles. The molecule has 9 heteroatoms. The molecular formula is C27H25N5O3S. The van der Waals surface area contributed by atoms with Crippen molar-refractivity contribution >= 4 is 28.8 Å². The zero-order valence-electron chi connectivity index (χ0n) is 20.0. The second kappa shape index (κ2) is 10.2. The Kier molecular flexibility index (Phi) is 6.73. The molecule has 0 radical (unpaired) electrons. The standard InChI is InChI=1S/C27H25N5O3S/c1-3-14-28-25(33)26-31-24-18-7-4-5-10-21(18)32(15-13-22(24)36-26)27(34)20-9-6-8-19(30-20)17-11-12-23(35-2)29-16-17/h4-12,16H,3,13-15H2,1-2H3,(H,28,33). The van der Waals surface area contributed by atoms with E-state index in [9.17, 15) is 9.59 Å². The third kappa shape index (κ3) is 4.57. The largest absolute Gasteiger partial charge is 0.481 e. The van der Waals surface area contributed by atoms with Crippen LogP contribution in [0.3, 0.4) is 0 Å². The Hall–Kier alpha value is -4.11. The van der Waals surface area contributed by atoms with E-state index in [0.29, 0.717) is 41.8 Å². The Morgan fingerprint density at radius 1 is 1.08 bits per heavy atom. The van der Waals surface area contributed by atoms with Crippen LogP contribution < -0.4 is 15.0 Å². The number of hydrogen-bond acceptors (Lipinski definition) is 7. The predicted octanol–water partition coefficient (Wildman–Crippen LogP) is 4.62. The normalized spacial score (nSPS) is 12.3. The van der Waals surface area contributed by atoms with E-state index in [1.807, 2.05) is 49.4 Å². The fraction of sp³-hybridized carbons (Fsp3) is 0.222. The van der Waals surface area contributed by atoms with Gasteiger partial charge in [-0.15, -0.1) is 11.3 Å². The molecule has 5 rings (SSSR count). The minimum atomic E-state index is -0.193. The third-order valence-corrected chi connectivity index (χ3v) is 7.01. The lowest BCUT2D eigenvalue weighted by molar-refractivity contribution is 0.0951. The quantitative estimate of drug-likeness (QED) is 0.416. The molecule has 2 amide bonds. The number of benzene rings is 1. The van der Waals surface area contributed by atoms with Gasteiger partial charge in [0.05, 0.1) is 24.2 Å². The Bertz CT molecular complexity index is 1420. The van der Waals surface area contributed by atoms with Crippen molar-refractivity contribution in [3.8, 4) is 28.4 Å². The number of pyridine rings is 2. The average molecular weight is 500 g/mol. The topological polar surface area (TPSA) is 97.3 Å². The van der Waals surface area contributed by atoms with Gasteiger partial charge >= 0.3 is 0 Å². The molecule has 4 heterocycles. The summed E-state index contributed by atoms with van der Waals surface area (Å²) in [5, 5.41) is 3.35. The van der Waals surface area contributed by atoms with Crippen LogP contribution in [0.1, 0.15) is 38.5 Å². The first-order valence-electron chi connectivity index (χ1n) is 11.8. The zero-order valence-corrected chi connectivity index (χ0v) is 20.8. The number of nitrogens with zero attached hydrogens (tertiary/aromatic N) is 4. The maximum atomic E-state index is 13.7. The summed E-state index contributed by atoms with van der Waals surface area (Å²) in [5.41, 5.74) is 4.14. The number of rotatable bonds is 6. The van der Waals surface area contributed by atoms with Crippen LogP contribution in [0.2, 0.25) is 0 Å². The highest BCUT2D eigenvalue weighted by molar-refractivity contribution is 7.14. The van der Waals surface area contributed by atoms with Gasteiger partial charge in [0, 0.05) is 47.8 Å². The van der Waals surface area contributed by atoms with Crippen molar-refractivity contribution < 1.29 is 14.3 Å². The monoisotopic (exact) mass is 499 g/mol. The van der Waals surface area contributed by atoms with Gasteiger partial charge in [-0.1, -0.05) is 31.2 Å². The van der Waals surface area contributed by atoms with Gasteiger partial charge in [-0.3, -0.25) is 9.59 Å². The number of methoxy groups -OCH3 is 1. The Morgan fingerprint density at radius 2 is 1.94 bits per heavy atom. The molecule has 4 aromatic rings. The van der Waals surface area contributed by atoms with Crippen molar-refractivity contribution in [3.63, 3.8) is 0 Å². The molecule has 0 atom stereocenters. The summed E-state index contributed by atoms with van der Waals surface area (Å²) in [5.74, 6) is 0.162. The van der Waals surface area contributed by atoms with Gasteiger partial charge in [0.1, 0.15) is 5.69 Å². The summed E-state index contributed by atoms with van der Waals surface area (Å²) >= 11 is 1.39. The van der Waals surface area contributed by atoms with Gasteiger partial charge in [0.15, 0.2) is 5.01 Å². The van der Waals surface area contributed by atoms with Crippen molar-refractivity contribution in [1.82, 2.24) is 20.3 Å². The maximum Gasteiger partial charge on any atom is 0.280 e. The van der Waals surface area contributed by atoms with E-state index >= 15 is 0 Å². The summed E-state index contributed by atoms with van der Waals surface area (Å²) in [7, 11) is 1.56. The van der Waals surface area contributed by atoms with Gasteiger partial charge in [0.25, 0.3) is 11.8 Å². The number of nitrogens with one attached hydrogen (secondary N) is 1. The van der Waals surface area contributed by atoms with E-state index in [-0.39, 0.29) is 11.8 Å². The molecule has 1 aromatic carbocycles. The lowest BCUT2D eigenvalue weighted by Crippen LogP contribution is -2.33. The van der Waals surface area contributed by atoms with E-state index in [1.54, 1.807) is 30.3 Å². The first kappa shape index (κ1) is 23.6. The molecule has 0 fully saturated rings. The summed E-state index contributed by atoms with van der Waals surface area (Å²) in [4.78, 5) is 42.5. The highest BCUT2D eigenvalue weighted by atomic mass is 32.1. The third-order valence-electron chi connectivity index (χ3n) is 5.89. The summed E-state index contributed by atoms with van der Waals surface area (Å²) < 4.78 is 5.13. The SMILES string of the molecule is CCCNC(=O)c1nc2c(s1)CCN(C(=O)c1cccc(-c3ccc(OC)nc3)n1)c1ccccc1-2. The van der Waals surface area contributed by atoms with Crippen LogP contribution in [-0.2, 0) is 6.42 Å². The van der Waals surface area contributed by atoms with Gasteiger partial charge < -0.3 is 15.0 Å². The fourth-order valence-corrected chi connectivity index (χ4v) is 5.08. The van der Waals surface area contributed by atoms with Crippen molar-refractivity contribution in [2.75, 3.05) is 25.1 Å². The fourth-order valence-electron chi connectivity index (χ4n) is 4.10. The van der Waals surface area contributed by atoms with Crippen LogP contribution in [0, 0.1) is 0 Å². The van der Waals surface area contributed by atoms with Crippen LogP contribution in [0.25, 0.3) is 22.5 Å². The van der Waals surface area contributed by atoms with Crippen LogP contribution in [-0.4, -0.2) is 47.0 Å². The van der Waals surface area contributed by atoms with Crippen molar-refractivity contribution in [3.05, 3.63) is 76.4 Å². The molecule has 1 aliphatic heterocycles. The molecule has 0 saturated carbocycles. The maximum absolute atomic E-state index is 13.7. The molecule has 0 saturated heterocycles. The molecule has 182 valence electrons. The molecule has 0 unspecified atom stereocenters. The van der Waals surface area contributed by atoms with Gasteiger partial charge in [-0.2, -0.15) is 0 Å². The molecule has 0 spiro atoms. The first-order valence-corrected chi connectivity index (χ1v) is 12.6. The molecule has 0 bridgehead atoms. The van der Waals surface area contributed by atoms with E-state index < -0.39 is 0 Å². The van der Waals surface area contributed by atoms with Gasteiger partial charge in [0.2, 0.25) is 5.88 Å². The highest BCUT2D eigenvalue weighted by Crippen LogP contribution is 2.39. The molecule has 1 aliphatic rings. The minimum absolute atomic E-state index is 0.158. The number of carbonyl (C=O) groups is 2. The van der Waals surface area contributed by atoms with E-state index in [4.69, 9.17) is 4.74 Å². The average Bonchev–Trinajstić information content (AvgIpc) is 3.30. The number of anilines is 1. The van der Waals surface area contributed by atoms with Crippen LogP contribution in [0.5, 0.6) is 5.88 Å². The van der Waals surface area contributed by atoms with Crippen molar-refractivity contribution in [2.24, 2.45) is 0 Å². The second-order valence-corrected chi connectivity index (χ2v) is 9.35. The predicted molar refractivity (Wildman–Crippen MR) is 140 cm³/mol. The Balaban J connectivity index is 1.47. The molecule has 0 aliphatic carbocycles. The lowest BCUT2D eigenvalue weighted by atomic mass is 10.1. The molecular weight excluding hydrogens is 474 g/mol. The minimum Gasteiger partial charge on any atom is -0.481 e. The van der Waals surface area contributed by atoms with E-state index in [2.05, 4.69) is 20.3 Å². The molecule has 8 nitrogen and oxygen atoms in total. The zero-order chi connectivity index (χ0) is 25.1. The summed E-state index contributed by atoms with van der Waals surface area (Å²) in [6.45, 7) is 3.08. The first-order chi connectivity index (χ1) is 17.6. The number of fused-ring (bicyclic) bond motifs is 3. The Morgan fingerprint density at radius 3 is 2.72 bits per heavy atom. The van der Waals surface area contributed by atoms with E-state index in [1.165, 1.54) is 11.3 Å². The number of hydrogen-bond donors (Lipinski definition) is 1. The molecule has 36 heavy (non-hydrogen) atoms. The number of thiazole rings is 1. The number of carbonyl (C=O) groups excluding carboxylic acids is 2. The number of ether oxygens (including phenoxy) is 1. The second-order valence-electron chi connectivity index (χ2n) is 8.27. The lowest BCUT2D eigenvalue weighted by Gasteiger charge is -2.22. The van der Waals surface area contributed by atoms with Crippen molar-refractivity contribution in [1.29, 1.82) is 0 Å².